The second kappa shape index (κ2) is 7.22. The van der Waals surface area contributed by atoms with Crippen molar-refractivity contribution in [2.75, 3.05) is 0 Å². The molecule has 1 aliphatic carbocycles. The molecule has 2 aromatic carbocycles. The normalized spacial score (nSPS) is 15.2. The van der Waals surface area contributed by atoms with Crippen molar-refractivity contribution in [1.29, 1.82) is 0 Å². The number of pyridine rings is 2. The highest BCUT2D eigenvalue weighted by molar-refractivity contribution is 5.92. The lowest BCUT2D eigenvalue weighted by Crippen LogP contribution is -2.43. The number of aromatic nitrogens is 4. The van der Waals surface area contributed by atoms with Gasteiger partial charge in [-0.25, -0.2) is 0 Å². The molecule has 6 rings (SSSR count). The fraction of sp³-hybridized carbons (Fsp3) is 0.192. The molecular formula is C26H25N6+. The Morgan fingerprint density at radius 2 is 1.75 bits per heavy atom. The average Bonchev–Trinajstić information content (AvgIpc) is 3.22. The van der Waals surface area contributed by atoms with E-state index in [2.05, 4.69) is 46.9 Å². The predicted octanol–water partition coefficient (Wildman–Crippen LogP) is 3.62. The van der Waals surface area contributed by atoms with Crippen LogP contribution in [0.3, 0.4) is 0 Å². The Hall–Kier alpha value is -3.61. The van der Waals surface area contributed by atoms with Crippen LogP contribution in [0.25, 0.3) is 33.4 Å². The van der Waals surface area contributed by atoms with E-state index in [-0.39, 0.29) is 5.54 Å². The molecule has 3 heterocycles. The lowest BCUT2D eigenvalue weighted by Gasteiger charge is -2.38. The van der Waals surface area contributed by atoms with Crippen LogP contribution in [0.15, 0.2) is 79.1 Å². The van der Waals surface area contributed by atoms with E-state index in [0.717, 1.165) is 52.0 Å². The zero-order chi connectivity index (χ0) is 21.7. The second-order valence-electron chi connectivity index (χ2n) is 8.62. The van der Waals surface area contributed by atoms with E-state index in [1.165, 1.54) is 12.0 Å². The van der Waals surface area contributed by atoms with Crippen molar-refractivity contribution in [3.63, 3.8) is 0 Å². The Balaban J connectivity index is 1.56. The fourth-order valence-electron chi connectivity index (χ4n) is 4.66. The third kappa shape index (κ3) is 2.92. The first-order valence-corrected chi connectivity index (χ1v) is 11.0. The van der Waals surface area contributed by atoms with Crippen molar-refractivity contribution in [3.05, 3.63) is 90.5 Å². The zero-order valence-electron chi connectivity index (χ0n) is 17.8. The highest BCUT2D eigenvalue weighted by atomic mass is 15.4. The maximum Gasteiger partial charge on any atom is 0.296 e. The van der Waals surface area contributed by atoms with Crippen LogP contribution in [0.1, 0.15) is 30.7 Å². The van der Waals surface area contributed by atoms with Gasteiger partial charge in [0.1, 0.15) is 5.69 Å². The molecule has 1 aliphatic rings. The van der Waals surface area contributed by atoms with Gasteiger partial charge in [0.15, 0.2) is 0 Å². The molecule has 3 aromatic heterocycles. The third-order valence-electron chi connectivity index (χ3n) is 6.69. The Morgan fingerprint density at radius 3 is 2.44 bits per heavy atom. The molecule has 1 saturated carbocycles. The molecule has 6 nitrogen and oxygen atoms in total. The summed E-state index contributed by atoms with van der Waals surface area (Å²) in [6.07, 6.45) is 7.20. The number of nitrogens with two attached hydrogens (primary N) is 2. The van der Waals surface area contributed by atoms with E-state index in [1.807, 2.05) is 41.3 Å². The van der Waals surface area contributed by atoms with Crippen LogP contribution in [0, 0.1) is 0 Å². The molecule has 5 aromatic rings. The van der Waals surface area contributed by atoms with Gasteiger partial charge in [0.05, 0.1) is 23.6 Å². The summed E-state index contributed by atoms with van der Waals surface area (Å²) in [6.45, 7) is 0.343. The number of hydrogen-bond donors (Lipinski definition) is 2. The van der Waals surface area contributed by atoms with Crippen molar-refractivity contribution in [3.8, 4) is 16.8 Å². The largest absolute Gasteiger partial charge is 0.321 e. The van der Waals surface area contributed by atoms with Gasteiger partial charge in [-0.2, -0.15) is 4.40 Å². The van der Waals surface area contributed by atoms with Crippen LogP contribution in [-0.4, -0.2) is 14.8 Å². The summed E-state index contributed by atoms with van der Waals surface area (Å²) in [6, 6.07) is 23.0. The molecule has 0 radical (unpaired) electrons. The van der Waals surface area contributed by atoms with Crippen LogP contribution < -0.4 is 15.9 Å². The van der Waals surface area contributed by atoms with Crippen LogP contribution in [0.4, 0.5) is 0 Å². The Labute approximate surface area is 186 Å². The van der Waals surface area contributed by atoms with Crippen molar-refractivity contribution >= 4 is 16.6 Å². The van der Waals surface area contributed by atoms with E-state index in [9.17, 15) is 0 Å². The van der Waals surface area contributed by atoms with Gasteiger partial charge >= 0.3 is 0 Å². The lowest BCUT2D eigenvalue weighted by atomic mass is 9.73. The molecule has 0 aliphatic heterocycles. The monoisotopic (exact) mass is 421 g/mol. The minimum absolute atomic E-state index is 0.177. The first kappa shape index (κ1) is 19.1. The summed E-state index contributed by atoms with van der Waals surface area (Å²) >= 11 is 0. The first-order valence-electron chi connectivity index (χ1n) is 11.0. The van der Waals surface area contributed by atoms with E-state index in [0.29, 0.717) is 6.54 Å². The highest BCUT2D eigenvalue weighted by Gasteiger charge is 2.34. The SMILES string of the molecule is NCc1nn(-c2ccc(C3(N)CCC3)cc2)c2c3cc(-c4ccccc4)cnc3cc[n+]12. The van der Waals surface area contributed by atoms with Gasteiger partial charge in [0.25, 0.3) is 11.5 Å². The van der Waals surface area contributed by atoms with Crippen molar-refractivity contribution in [2.24, 2.45) is 11.5 Å². The van der Waals surface area contributed by atoms with Crippen LogP contribution in [0.5, 0.6) is 0 Å². The van der Waals surface area contributed by atoms with Crippen LogP contribution in [-0.2, 0) is 12.1 Å². The molecule has 0 bridgehead atoms. The van der Waals surface area contributed by atoms with Gasteiger partial charge in [-0.15, -0.1) is 0 Å². The molecule has 0 saturated heterocycles. The smallest absolute Gasteiger partial charge is 0.296 e. The Bertz CT molecular complexity index is 1430. The molecule has 158 valence electrons. The average molecular weight is 422 g/mol. The van der Waals surface area contributed by atoms with Gasteiger partial charge in [-0.05, 0) is 54.7 Å². The Kier molecular flexibility index (Phi) is 4.31. The fourth-order valence-corrected chi connectivity index (χ4v) is 4.66. The molecule has 0 spiro atoms. The van der Waals surface area contributed by atoms with Gasteiger partial charge in [0, 0.05) is 22.4 Å². The molecule has 0 amide bonds. The maximum atomic E-state index is 6.52. The van der Waals surface area contributed by atoms with Gasteiger partial charge < -0.3 is 11.5 Å². The minimum atomic E-state index is -0.177. The minimum Gasteiger partial charge on any atom is -0.321 e. The van der Waals surface area contributed by atoms with Gasteiger partial charge in [-0.1, -0.05) is 47.1 Å². The van der Waals surface area contributed by atoms with E-state index >= 15 is 0 Å². The van der Waals surface area contributed by atoms with E-state index < -0.39 is 0 Å². The van der Waals surface area contributed by atoms with Gasteiger partial charge in [0.2, 0.25) is 0 Å². The molecular weight excluding hydrogens is 396 g/mol. The van der Waals surface area contributed by atoms with E-state index in [1.54, 1.807) is 0 Å². The highest BCUT2D eigenvalue weighted by Crippen LogP contribution is 2.38. The molecule has 4 N–H and O–H groups in total. The molecule has 32 heavy (non-hydrogen) atoms. The topological polar surface area (TPSA) is 86.8 Å². The van der Waals surface area contributed by atoms with Crippen molar-refractivity contribution < 1.29 is 4.40 Å². The number of fused-ring (bicyclic) bond motifs is 3. The summed E-state index contributed by atoms with van der Waals surface area (Å²) in [4.78, 5) is 4.74. The molecule has 0 unspecified atom stereocenters. The quantitative estimate of drug-likeness (QED) is 0.434. The summed E-state index contributed by atoms with van der Waals surface area (Å²) < 4.78 is 4.03. The number of hydrogen-bond acceptors (Lipinski definition) is 4. The summed E-state index contributed by atoms with van der Waals surface area (Å²) in [5, 5.41) is 5.88. The van der Waals surface area contributed by atoms with Crippen LogP contribution >= 0.6 is 0 Å². The summed E-state index contributed by atoms with van der Waals surface area (Å²) in [5.74, 6) is 0.797. The number of benzene rings is 2. The van der Waals surface area contributed by atoms with Crippen LogP contribution in [0.2, 0.25) is 0 Å². The first-order chi connectivity index (χ1) is 15.7. The molecule has 0 atom stereocenters. The van der Waals surface area contributed by atoms with Crippen molar-refractivity contribution in [1.82, 2.24) is 14.8 Å². The zero-order valence-corrected chi connectivity index (χ0v) is 17.8. The second-order valence-corrected chi connectivity index (χ2v) is 8.62. The molecule has 6 heteroatoms. The van der Waals surface area contributed by atoms with Gasteiger partial charge in [-0.3, -0.25) is 4.98 Å². The standard InChI is InChI=1S/C26H25N6/c27-16-24-30-32(21-9-7-20(8-10-21)26(28)12-4-13-26)25-22-15-19(18-5-2-1-3-6-18)17-29-23(22)11-14-31(24)25/h1-3,5-11,14-15,17H,4,12-13,16,27-28H2/q+1. The van der Waals surface area contributed by atoms with E-state index in [4.69, 9.17) is 21.5 Å². The maximum absolute atomic E-state index is 6.52. The van der Waals surface area contributed by atoms with Crippen molar-refractivity contribution in [2.45, 2.75) is 31.3 Å². The summed E-state index contributed by atoms with van der Waals surface area (Å²) in [7, 11) is 0. The number of nitrogens with zero attached hydrogens (tertiary/aromatic N) is 4. The lowest BCUT2D eigenvalue weighted by molar-refractivity contribution is -0.521. The Morgan fingerprint density at radius 1 is 0.969 bits per heavy atom. The molecule has 1 fully saturated rings. The predicted molar refractivity (Wildman–Crippen MR) is 125 cm³/mol. The third-order valence-corrected chi connectivity index (χ3v) is 6.69. The summed E-state index contributed by atoms with van der Waals surface area (Å²) in [5.41, 5.74) is 18.6. The number of rotatable bonds is 4.